The third kappa shape index (κ3) is 8.69. The number of para-hydroxylation sites is 2. The van der Waals surface area contributed by atoms with Crippen molar-refractivity contribution in [3.8, 4) is 50.6 Å². The molecule has 0 fully saturated rings. The molecule has 10 rings (SSSR count). The Labute approximate surface area is 385 Å². The van der Waals surface area contributed by atoms with Crippen LogP contribution in [0.4, 0.5) is 0 Å². The van der Waals surface area contributed by atoms with Crippen molar-refractivity contribution in [1.29, 1.82) is 0 Å². The molecule has 10 aromatic rings. The SMILES string of the molecule is CC(C)c1cc(-c2ccc(-c3ccccc3)cc2)cc(C(C)C)c1-n1c(-c2[c-]ccc3c2oc2ccc(C(C)(C)C)cc23)nc2ccccc21.[Ir].[c-]1ccccc1-c1ccccn1. The van der Waals surface area contributed by atoms with E-state index in [9.17, 15) is 0 Å². The predicted molar refractivity (Wildman–Crippen MR) is 259 cm³/mol. The summed E-state index contributed by atoms with van der Waals surface area (Å²) < 4.78 is 9.06. The summed E-state index contributed by atoms with van der Waals surface area (Å²) >= 11 is 0. The van der Waals surface area contributed by atoms with Crippen molar-refractivity contribution >= 4 is 33.0 Å². The molecular formula is C58H51IrN3O-2. The van der Waals surface area contributed by atoms with E-state index in [0.717, 1.165) is 55.6 Å². The Morgan fingerprint density at radius 2 is 1.24 bits per heavy atom. The second-order valence-corrected chi connectivity index (χ2v) is 17.7. The number of benzene rings is 7. The van der Waals surface area contributed by atoms with Gasteiger partial charge in [-0.1, -0.05) is 144 Å². The van der Waals surface area contributed by atoms with Crippen molar-refractivity contribution < 1.29 is 24.5 Å². The van der Waals surface area contributed by atoms with Crippen LogP contribution in [-0.2, 0) is 25.5 Å². The van der Waals surface area contributed by atoms with Gasteiger partial charge in [-0.25, -0.2) is 0 Å². The minimum Gasteiger partial charge on any atom is -0.501 e. The second kappa shape index (κ2) is 18.1. The van der Waals surface area contributed by atoms with Crippen LogP contribution in [0.25, 0.3) is 83.6 Å². The normalized spacial score (nSPS) is 11.6. The molecular weight excluding hydrogens is 947 g/mol. The number of furan rings is 1. The first-order valence-electron chi connectivity index (χ1n) is 21.6. The van der Waals surface area contributed by atoms with Gasteiger partial charge in [0, 0.05) is 37.4 Å². The molecule has 3 heterocycles. The van der Waals surface area contributed by atoms with E-state index in [2.05, 4.69) is 185 Å². The first-order chi connectivity index (χ1) is 30.0. The number of nitrogens with zero attached hydrogens (tertiary/aromatic N) is 3. The maximum absolute atomic E-state index is 6.68. The van der Waals surface area contributed by atoms with Crippen LogP contribution in [0, 0.1) is 12.1 Å². The molecule has 0 aliphatic rings. The van der Waals surface area contributed by atoms with E-state index in [1.807, 2.05) is 48.5 Å². The van der Waals surface area contributed by atoms with Crippen molar-refractivity contribution in [3.63, 3.8) is 0 Å². The fraction of sp³-hybridized carbons (Fsp3) is 0.172. The van der Waals surface area contributed by atoms with Gasteiger partial charge in [-0.05, 0) is 104 Å². The molecule has 4 nitrogen and oxygen atoms in total. The Bertz CT molecular complexity index is 3070. The van der Waals surface area contributed by atoms with E-state index < -0.39 is 0 Å². The smallest absolute Gasteiger partial charge is 0.120 e. The van der Waals surface area contributed by atoms with Gasteiger partial charge >= 0.3 is 0 Å². The predicted octanol–water partition coefficient (Wildman–Crippen LogP) is 15.8. The third-order valence-electron chi connectivity index (χ3n) is 11.7. The second-order valence-electron chi connectivity index (χ2n) is 17.7. The molecule has 5 heteroatoms. The minimum atomic E-state index is 0. The number of aromatic nitrogens is 3. The largest absolute Gasteiger partial charge is 0.501 e. The zero-order chi connectivity index (χ0) is 43.0. The topological polar surface area (TPSA) is 43.9 Å². The summed E-state index contributed by atoms with van der Waals surface area (Å²) in [6, 6.07) is 63.9. The maximum Gasteiger partial charge on any atom is 0.120 e. The van der Waals surface area contributed by atoms with Crippen LogP contribution in [-0.4, -0.2) is 14.5 Å². The number of imidazole rings is 1. The number of fused-ring (bicyclic) bond motifs is 4. The van der Waals surface area contributed by atoms with Crippen molar-refractivity contribution in [2.75, 3.05) is 0 Å². The Morgan fingerprint density at radius 1 is 0.587 bits per heavy atom. The van der Waals surface area contributed by atoms with Crippen molar-refractivity contribution in [2.45, 2.75) is 65.7 Å². The van der Waals surface area contributed by atoms with Crippen LogP contribution in [0.3, 0.4) is 0 Å². The molecule has 0 saturated heterocycles. The van der Waals surface area contributed by atoms with Crippen molar-refractivity contribution in [1.82, 2.24) is 14.5 Å². The van der Waals surface area contributed by atoms with Crippen LogP contribution < -0.4 is 0 Å². The molecule has 315 valence electrons. The summed E-state index contributed by atoms with van der Waals surface area (Å²) in [5.41, 5.74) is 16.6. The van der Waals surface area contributed by atoms with Gasteiger partial charge in [0.05, 0.1) is 22.4 Å². The molecule has 0 saturated carbocycles. The standard InChI is InChI=1S/C47H43N2O.C11H8N.Ir/c1-29(2)38-26-34(33-22-20-32(21-23-33)31-14-9-8-10-15-31)27-39(30(3)4)44(38)49-42-19-12-11-18-41(42)48-46(49)37-17-13-16-36-40-28-35(47(5,6)7)24-25-43(40)50-45(36)37;1-2-6-10(7-3-1)11-8-4-5-9-12-11;/h8-16,18-30H,1-7H3;1-6,8-9H;/q2*-1;. The van der Waals surface area contributed by atoms with E-state index in [1.165, 1.54) is 44.6 Å². The summed E-state index contributed by atoms with van der Waals surface area (Å²) in [6.45, 7) is 15.9. The molecule has 0 aliphatic heterocycles. The first kappa shape index (κ1) is 43.3. The fourth-order valence-electron chi connectivity index (χ4n) is 8.34. The molecule has 0 spiro atoms. The molecule has 3 aromatic heterocycles. The van der Waals surface area contributed by atoms with E-state index in [-0.39, 0.29) is 37.4 Å². The summed E-state index contributed by atoms with van der Waals surface area (Å²) in [4.78, 5) is 9.55. The van der Waals surface area contributed by atoms with Crippen molar-refractivity contribution in [2.24, 2.45) is 0 Å². The summed E-state index contributed by atoms with van der Waals surface area (Å²) in [5, 5.41) is 2.21. The number of hydrogen-bond acceptors (Lipinski definition) is 3. The Kier molecular flexibility index (Phi) is 12.5. The number of hydrogen-bond donors (Lipinski definition) is 0. The van der Waals surface area contributed by atoms with Crippen LogP contribution in [0.15, 0.2) is 174 Å². The van der Waals surface area contributed by atoms with Gasteiger partial charge in [0.2, 0.25) is 0 Å². The van der Waals surface area contributed by atoms with Crippen molar-refractivity contribution in [3.05, 3.63) is 199 Å². The van der Waals surface area contributed by atoms with E-state index >= 15 is 0 Å². The van der Waals surface area contributed by atoms with E-state index in [1.54, 1.807) is 6.20 Å². The maximum atomic E-state index is 6.68. The molecule has 63 heavy (non-hydrogen) atoms. The average Bonchev–Trinajstić information content (AvgIpc) is 3.88. The first-order valence-corrected chi connectivity index (χ1v) is 21.6. The van der Waals surface area contributed by atoms with Crippen LogP contribution in [0.2, 0.25) is 0 Å². The van der Waals surface area contributed by atoms with Gasteiger partial charge in [0.25, 0.3) is 0 Å². The van der Waals surface area contributed by atoms with Crippen LogP contribution in [0.5, 0.6) is 0 Å². The Balaban J connectivity index is 0.000000361. The zero-order valence-corrected chi connectivity index (χ0v) is 39.3. The molecule has 7 aromatic carbocycles. The van der Waals surface area contributed by atoms with Gasteiger partial charge in [-0.2, -0.15) is 0 Å². The number of pyridine rings is 1. The van der Waals surface area contributed by atoms with E-state index in [0.29, 0.717) is 0 Å². The van der Waals surface area contributed by atoms with Gasteiger partial charge in [-0.3, -0.25) is 4.98 Å². The monoisotopic (exact) mass is 998 g/mol. The molecule has 0 unspecified atom stereocenters. The minimum absolute atomic E-state index is 0. The molecule has 0 atom stereocenters. The molecule has 1 radical (unpaired) electrons. The van der Waals surface area contributed by atoms with Gasteiger partial charge in [0.15, 0.2) is 0 Å². The molecule has 0 amide bonds. The average molecular weight is 998 g/mol. The quantitative estimate of drug-likeness (QED) is 0.149. The van der Waals surface area contributed by atoms with Crippen LogP contribution >= 0.6 is 0 Å². The van der Waals surface area contributed by atoms with E-state index in [4.69, 9.17) is 9.40 Å². The van der Waals surface area contributed by atoms with Crippen LogP contribution in [0.1, 0.15) is 77.0 Å². The summed E-state index contributed by atoms with van der Waals surface area (Å²) in [6.07, 6.45) is 1.79. The third-order valence-corrected chi connectivity index (χ3v) is 11.7. The summed E-state index contributed by atoms with van der Waals surface area (Å²) in [7, 11) is 0. The molecule has 0 N–H and O–H groups in total. The molecule has 0 aliphatic carbocycles. The Hall–Kier alpha value is -6.39. The van der Waals surface area contributed by atoms with Gasteiger partial charge in [-0.15, -0.1) is 54.1 Å². The van der Waals surface area contributed by atoms with Gasteiger partial charge < -0.3 is 14.0 Å². The number of rotatable bonds is 7. The fourth-order valence-corrected chi connectivity index (χ4v) is 8.34. The zero-order valence-electron chi connectivity index (χ0n) is 36.9. The molecule has 0 bridgehead atoms. The van der Waals surface area contributed by atoms with Gasteiger partial charge in [0.1, 0.15) is 5.58 Å². The Morgan fingerprint density at radius 3 is 1.89 bits per heavy atom. The summed E-state index contributed by atoms with van der Waals surface area (Å²) in [5.74, 6) is 1.37.